The molecule has 0 amide bonds. The van der Waals surface area contributed by atoms with Crippen molar-refractivity contribution in [3.63, 3.8) is 0 Å². The summed E-state index contributed by atoms with van der Waals surface area (Å²) >= 11 is 0. The van der Waals surface area contributed by atoms with Gasteiger partial charge in [-0.1, -0.05) is 6.08 Å². The second kappa shape index (κ2) is 7.55. The molecule has 1 aliphatic carbocycles. The standard InChI is InChI=1S/C19H18F2N6O2/c20-5-11(6-22)9-27-19(29)26(10-25-27)18-15(21)3-13(7-24-18)12-1-2-14-16(4-12)23-8-17(14)28/h1,3-5,7,10,14,23H,2,6,8-9,22H2/b11-5+. The SMILES string of the molecule is NC/C(=C\F)Cn1ncn(-c2ncc(C3=CCC4C(=O)CNC4=C3)cc2F)c1=O. The Morgan fingerprint density at radius 1 is 1.41 bits per heavy atom. The summed E-state index contributed by atoms with van der Waals surface area (Å²) < 4.78 is 29.4. The van der Waals surface area contributed by atoms with Crippen molar-refractivity contribution < 1.29 is 13.6 Å². The van der Waals surface area contributed by atoms with Gasteiger partial charge in [0, 0.05) is 24.0 Å². The summed E-state index contributed by atoms with van der Waals surface area (Å²) in [5, 5.41) is 6.92. The van der Waals surface area contributed by atoms with Crippen molar-refractivity contribution in [3.8, 4) is 5.82 Å². The predicted octanol–water partition coefficient (Wildman–Crippen LogP) is 0.840. The van der Waals surface area contributed by atoms with Gasteiger partial charge in [0.1, 0.15) is 6.33 Å². The van der Waals surface area contributed by atoms with Gasteiger partial charge in [-0.3, -0.25) is 4.79 Å². The molecule has 1 fully saturated rings. The quantitative estimate of drug-likeness (QED) is 0.770. The van der Waals surface area contributed by atoms with E-state index in [2.05, 4.69) is 15.4 Å². The van der Waals surface area contributed by atoms with E-state index in [1.807, 2.05) is 12.2 Å². The molecule has 4 rings (SSSR count). The number of hydrogen-bond acceptors (Lipinski definition) is 6. The second-order valence-corrected chi connectivity index (χ2v) is 6.81. The van der Waals surface area contributed by atoms with Gasteiger partial charge in [-0.2, -0.15) is 5.10 Å². The fraction of sp³-hybridized carbons (Fsp3) is 0.263. The molecule has 0 saturated carbocycles. The monoisotopic (exact) mass is 400 g/mol. The van der Waals surface area contributed by atoms with Crippen LogP contribution in [0.15, 0.2) is 53.1 Å². The first-order valence-corrected chi connectivity index (χ1v) is 8.99. The Morgan fingerprint density at radius 3 is 2.97 bits per heavy atom. The van der Waals surface area contributed by atoms with Crippen molar-refractivity contribution in [1.29, 1.82) is 0 Å². The molecule has 2 aliphatic rings. The minimum Gasteiger partial charge on any atom is -0.381 e. The van der Waals surface area contributed by atoms with Gasteiger partial charge in [-0.15, -0.1) is 0 Å². The molecule has 1 unspecified atom stereocenters. The number of fused-ring (bicyclic) bond motifs is 1. The Morgan fingerprint density at radius 2 is 2.24 bits per heavy atom. The molecule has 3 N–H and O–H groups in total. The lowest BCUT2D eigenvalue weighted by Gasteiger charge is -2.16. The highest BCUT2D eigenvalue weighted by atomic mass is 19.1. The maximum Gasteiger partial charge on any atom is 0.351 e. The Bertz CT molecular complexity index is 1130. The minimum absolute atomic E-state index is 0.0664. The lowest BCUT2D eigenvalue weighted by atomic mass is 9.90. The molecule has 3 heterocycles. The highest BCUT2D eigenvalue weighted by Gasteiger charge is 2.30. The van der Waals surface area contributed by atoms with E-state index in [-0.39, 0.29) is 36.2 Å². The fourth-order valence-electron chi connectivity index (χ4n) is 3.38. The second-order valence-electron chi connectivity index (χ2n) is 6.81. The van der Waals surface area contributed by atoms with E-state index in [1.165, 1.54) is 12.3 Å². The van der Waals surface area contributed by atoms with E-state index >= 15 is 0 Å². The number of Topliss-reactive ketones (excluding diaryl/α,β-unsaturated/α-hetero) is 1. The van der Waals surface area contributed by atoms with E-state index in [4.69, 9.17) is 5.73 Å². The summed E-state index contributed by atoms with van der Waals surface area (Å²) in [4.78, 5) is 28.3. The predicted molar refractivity (Wildman–Crippen MR) is 101 cm³/mol. The first-order chi connectivity index (χ1) is 14.0. The van der Waals surface area contributed by atoms with E-state index in [9.17, 15) is 18.4 Å². The minimum atomic E-state index is -0.707. The molecule has 0 spiro atoms. The maximum absolute atomic E-state index is 14.7. The van der Waals surface area contributed by atoms with Gasteiger partial charge in [0.2, 0.25) is 0 Å². The smallest absolute Gasteiger partial charge is 0.351 e. The highest BCUT2D eigenvalue weighted by molar-refractivity contribution is 5.91. The van der Waals surface area contributed by atoms with Crippen molar-refractivity contribution in [3.05, 3.63) is 70.2 Å². The Balaban J connectivity index is 1.62. The van der Waals surface area contributed by atoms with Gasteiger partial charge in [0.05, 0.1) is 25.3 Å². The lowest BCUT2D eigenvalue weighted by Crippen LogP contribution is -2.26. The third-order valence-corrected chi connectivity index (χ3v) is 5.00. The normalized spacial score (nSPS) is 18.9. The number of halogens is 2. The van der Waals surface area contributed by atoms with Crippen LogP contribution in [0.5, 0.6) is 0 Å². The van der Waals surface area contributed by atoms with Crippen LogP contribution in [0, 0.1) is 11.7 Å². The van der Waals surface area contributed by atoms with Gasteiger partial charge < -0.3 is 11.1 Å². The van der Waals surface area contributed by atoms with Crippen molar-refractivity contribution in [2.24, 2.45) is 11.7 Å². The molecule has 0 radical (unpaired) electrons. The van der Waals surface area contributed by atoms with Crippen LogP contribution in [0.4, 0.5) is 8.78 Å². The van der Waals surface area contributed by atoms with Crippen LogP contribution >= 0.6 is 0 Å². The number of rotatable bonds is 5. The van der Waals surface area contributed by atoms with Gasteiger partial charge >= 0.3 is 5.69 Å². The zero-order chi connectivity index (χ0) is 20.5. The number of carbonyl (C=O) groups is 1. The molecule has 2 aromatic rings. The van der Waals surface area contributed by atoms with Crippen LogP contribution in [0.25, 0.3) is 11.4 Å². The summed E-state index contributed by atoms with van der Waals surface area (Å²) in [6.07, 6.45) is 7.14. The number of nitrogens with one attached hydrogen (secondary N) is 1. The van der Waals surface area contributed by atoms with Crippen LogP contribution in [-0.2, 0) is 11.3 Å². The zero-order valence-electron chi connectivity index (χ0n) is 15.3. The van der Waals surface area contributed by atoms with Gasteiger partial charge in [-0.25, -0.2) is 27.8 Å². The highest BCUT2D eigenvalue weighted by Crippen LogP contribution is 2.31. The summed E-state index contributed by atoms with van der Waals surface area (Å²) in [5.41, 5.74) is 7.01. The van der Waals surface area contributed by atoms with Gasteiger partial charge in [0.15, 0.2) is 17.4 Å². The van der Waals surface area contributed by atoms with Crippen molar-refractivity contribution in [2.45, 2.75) is 13.0 Å². The third-order valence-electron chi connectivity index (χ3n) is 5.00. The van der Waals surface area contributed by atoms with Crippen molar-refractivity contribution in [1.82, 2.24) is 24.6 Å². The molecule has 8 nitrogen and oxygen atoms in total. The zero-order valence-corrected chi connectivity index (χ0v) is 15.3. The largest absolute Gasteiger partial charge is 0.381 e. The molecular weight excluding hydrogens is 382 g/mol. The Labute approximate surface area is 164 Å². The van der Waals surface area contributed by atoms with Crippen LogP contribution in [0.1, 0.15) is 12.0 Å². The van der Waals surface area contributed by atoms with Crippen molar-refractivity contribution >= 4 is 11.4 Å². The molecular formula is C19H18F2N6O2. The number of aromatic nitrogens is 4. The first kappa shape index (κ1) is 18.9. The van der Waals surface area contributed by atoms with E-state index in [1.54, 1.807) is 0 Å². The molecule has 29 heavy (non-hydrogen) atoms. The fourth-order valence-corrected chi connectivity index (χ4v) is 3.38. The van der Waals surface area contributed by atoms with Gasteiger partial charge in [-0.05, 0) is 29.7 Å². The summed E-state index contributed by atoms with van der Waals surface area (Å²) in [6, 6.07) is 1.28. The average molecular weight is 400 g/mol. The number of carbonyl (C=O) groups excluding carboxylic acids is 1. The van der Waals surface area contributed by atoms with Crippen LogP contribution in [0.3, 0.4) is 0 Å². The number of hydrogen-bond donors (Lipinski definition) is 2. The number of allylic oxidation sites excluding steroid dienone is 4. The molecule has 10 heteroatoms. The Hall–Kier alpha value is -3.40. The Kier molecular flexibility index (Phi) is 4.93. The third kappa shape index (κ3) is 3.42. The van der Waals surface area contributed by atoms with Gasteiger partial charge in [0.25, 0.3) is 0 Å². The topological polar surface area (TPSA) is 108 Å². The van der Waals surface area contributed by atoms with Crippen LogP contribution in [0.2, 0.25) is 0 Å². The molecule has 2 aromatic heterocycles. The number of ketones is 1. The molecule has 1 atom stereocenters. The number of nitrogens with zero attached hydrogens (tertiary/aromatic N) is 4. The molecule has 0 bridgehead atoms. The molecule has 1 aliphatic heterocycles. The summed E-state index contributed by atoms with van der Waals surface area (Å²) in [5.74, 6) is -0.930. The lowest BCUT2D eigenvalue weighted by molar-refractivity contribution is -0.119. The van der Waals surface area contributed by atoms with E-state index in [0.717, 1.165) is 26.8 Å². The number of pyridine rings is 1. The van der Waals surface area contributed by atoms with Crippen molar-refractivity contribution in [2.75, 3.05) is 13.1 Å². The van der Waals surface area contributed by atoms with Crippen LogP contribution < -0.4 is 16.7 Å². The first-order valence-electron chi connectivity index (χ1n) is 8.99. The van der Waals surface area contributed by atoms with E-state index < -0.39 is 11.5 Å². The van der Waals surface area contributed by atoms with E-state index in [0.29, 0.717) is 24.9 Å². The molecule has 150 valence electrons. The molecule has 1 saturated heterocycles. The maximum atomic E-state index is 14.7. The summed E-state index contributed by atoms with van der Waals surface area (Å²) in [7, 11) is 0. The number of nitrogens with two attached hydrogens (primary N) is 1. The summed E-state index contributed by atoms with van der Waals surface area (Å²) in [6.45, 7) is 0.106. The average Bonchev–Trinajstić information content (AvgIpc) is 3.28. The van der Waals surface area contributed by atoms with Crippen LogP contribution in [-0.4, -0.2) is 38.2 Å². The molecule has 0 aromatic carbocycles.